The summed E-state index contributed by atoms with van der Waals surface area (Å²) in [4.78, 5) is 0.380. The van der Waals surface area contributed by atoms with Gasteiger partial charge in [0.05, 0.1) is 23.4 Å². The summed E-state index contributed by atoms with van der Waals surface area (Å²) in [5, 5.41) is -0.576. The van der Waals surface area contributed by atoms with Crippen molar-refractivity contribution in [3.8, 4) is 0 Å². The van der Waals surface area contributed by atoms with E-state index in [0.29, 0.717) is 24.5 Å². The second kappa shape index (κ2) is 11.1. The number of hydrogen-bond donors (Lipinski definition) is 0. The summed E-state index contributed by atoms with van der Waals surface area (Å²) >= 11 is 0. The first-order chi connectivity index (χ1) is 13.7. The van der Waals surface area contributed by atoms with Gasteiger partial charge in [0.25, 0.3) is 0 Å². The molecule has 0 N–H and O–H groups in total. The Morgan fingerprint density at radius 3 is 2.31 bits per heavy atom. The lowest BCUT2D eigenvalue weighted by Crippen LogP contribution is -2.32. The summed E-state index contributed by atoms with van der Waals surface area (Å²) in [6, 6.07) is 8.78. The first-order valence-electron chi connectivity index (χ1n) is 10.5. The van der Waals surface area contributed by atoms with Gasteiger partial charge in [0.1, 0.15) is 0 Å². The van der Waals surface area contributed by atoms with E-state index >= 15 is 0 Å². The Balaban J connectivity index is 2.27. The Bertz CT molecular complexity index is 785. The van der Waals surface area contributed by atoms with Crippen molar-refractivity contribution in [1.29, 1.82) is 0 Å². The van der Waals surface area contributed by atoms with Crippen molar-refractivity contribution < 1.29 is 17.9 Å². The SMILES string of the molecule is CC(C)=CCC/C(C)=C/C([C@H](C)[C@@H](C)CC1OCCO1)S(=O)(=O)c1ccccc1. The molecule has 1 heterocycles. The Morgan fingerprint density at radius 1 is 1.10 bits per heavy atom. The molecule has 1 fully saturated rings. The van der Waals surface area contributed by atoms with Crippen molar-refractivity contribution >= 4 is 9.84 Å². The average Bonchev–Trinajstić information content (AvgIpc) is 3.19. The van der Waals surface area contributed by atoms with Gasteiger partial charge in [0.15, 0.2) is 16.1 Å². The second-order valence-corrected chi connectivity index (χ2v) is 10.5. The normalized spacial score (nSPS) is 19.0. The van der Waals surface area contributed by atoms with Gasteiger partial charge in [-0.15, -0.1) is 0 Å². The smallest absolute Gasteiger partial charge is 0.185 e. The highest BCUT2D eigenvalue weighted by Gasteiger charge is 2.35. The fourth-order valence-corrected chi connectivity index (χ4v) is 5.72. The highest BCUT2D eigenvalue weighted by molar-refractivity contribution is 7.92. The Hall–Kier alpha value is -1.43. The third kappa shape index (κ3) is 7.09. The topological polar surface area (TPSA) is 52.6 Å². The summed E-state index contributed by atoms with van der Waals surface area (Å²) in [6.07, 6.45) is 6.43. The van der Waals surface area contributed by atoms with E-state index in [1.165, 1.54) is 5.57 Å². The lowest BCUT2D eigenvalue weighted by molar-refractivity contribution is -0.0593. The van der Waals surface area contributed by atoms with E-state index in [9.17, 15) is 8.42 Å². The lowest BCUT2D eigenvalue weighted by atomic mass is 9.88. The van der Waals surface area contributed by atoms with Crippen LogP contribution in [0.15, 0.2) is 58.5 Å². The number of allylic oxidation sites excluding steroid dienone is 3. The zero-order chi connectivity index (χ0) is 21.4. The van der Waals surface area contributed by atoms with Crippen LogP contribution in [0.3, 0.4) is 0 Å². The Kier molecular flexibility index (Phi) is 9.12. The summed E-state index contributed by atoms with van der Waals surface area (Å²) in [7, 11) is -3.49. The number of sulfone groups is 1. The van der Waals surface area contributed by atoms with Gasteiger partial charge in [-0.05, 0) is 57.6 Å². The van der Waals surface area contributed by atoms with Crippen LogP contribution in [0.5, 0.6) is 0 Å². The minimum absolute atomic E-state index is 0.0635. The molecule has 0 aromatic heterocycles. The minimum atomic E-state index is -3.49. The zero-order valence-corrected chi connectivity index (χ0v) is 19.2. The van der Waals surface area contributed by atoms with Crippen molar-refractivity contribution in [3.05, 3.63) is 53.6 Å². The minimum Gasteiger partial charge on any atom is -0.350 e. The maximum absolute atomic E-state index is 13.5. The van der Waals surface area contributed by atoms with Crippen LogP contribution in [-0.2, 0) is 19.3 Å². The maximum Gasteiger partial charge on any atom is 0.185 e. The van der Waals surface area contributed by atoms with Gasteiger partial charge in [-0.3, -0.25) is 0 Å². The van der Waals surface area contributed by atoms with Crippen LogP contribution in [-0.4, -0.2) is 33.2 Å². The predicted octanol–water partition coefficient (Wildman–Crippen LogP) is 5.56. The molecule has 0 radical (unpaired) electrons. The van der Waals surface area contributed by atoms with Gasteiger partial charge in [-0.1, -0.05) is 55.3 Å². The van der Waals surface area contributed by atoms with Gasteiger partial charge in [-0.25, -0.2) is 8.42 Å². The molecule has 1 aliphatic rings. The third-order valence-corrected chi connectivity index (χ3v) is 7.85. The van der Waals surface area contributed by atoms with Crippen molar-refractivity contribution in [2.75, 3.05) is 13.2 Å². The zero-order valence-electron chi connectivity index (χ0n) is 18.4. The van der Waals surface area contributed by atoms with Crippen molar-refractivity contribution in [3.63, 3.8) is 0 Å². The van der Waals surface area contributed by atoms with E-state index in [-0.39, 0.29) is 18.1 Å². The van der Waals surface area contributed by atoms with Crippen LogP contribution in [0.25, 0.3) is 0 Å². The van der Waals surface area contributed by atoms with Crippen LogP contribution >= 0.6 is 0 Å². The molecule has 1 unspecified atom stereocenters. The van der Waals surface area contributed by atoms with E-state index in [2.05, 4.69) is 26.8 Å². The van der Waals surface area contributed by atoms with Gasteiger partial charge in [-0.2, -0.15) is 0 Å². The van der Waals surface area contributed by atoms with Gasteiger partial charge < -0.3 is 9.47 Å². The monoisotopic (exact) mass is 420 g/mol. The van der Waals surface area contributed by atoms with Crippen molar-refractivity contribution in [2.24, 2.45) is 11.8 Å². The highest BCUT2D eigenvalue weighted by Crippen LogP contribution is 2.32. The van der Waals surface area contributed by atoms with Crippen molar-refractivity contribution in [1.82, 2.24) is 0 Å². The van der Waals surface area contributed by atoms with Gasteiger partial charge in [0, 0.05) is 6.42 Å². The molecular formula is C24H36O4S. The molecule has 29 heavy (non-hydrogen) atoms. The summed E-state index contributed by atoms with van der Waals surface area (Å²) in [5.74, 6) is 0.0785. The molecular weight excluding hydrogens is 384 g/mol. The number of benzene rings is 1. The van der Waals surface area contributed by atoms with E-state index in [4.69, 9.17) is 9.47 Å². The largest absolute Gasteiger partial charge is 0.350 e. The summed E-state index contributed by atoms with van der Waals surface area (Å²) < 4.78 is 38.2. The predicted molar refractivity (Wildman–Crippen MR) is 118 cm³/mol. The third-order valence-electron chi connectivity index (χ3n) is 5.64. The lowest BCUT2D eigenvalue weighted by Gasteiger charge is -2.28. The molecule has 1 aliphatic heterocycles. The quantitative estimate of drug-likeness (QED) is 0.465. The molecule has 0 bridgehead atoms. The highest BCUT2D eigenvalue weighted by atomic mass is 32.2. The number of ether oxygens (including phenoxy) is 2. The van der Waals surface area contributed by atoms with Crippen LogP contribution in [0.4, 0.5) is 0 Å². The van der Waals surface area contributed by atoms with E-state index in [0.717, 1.165) is 18.4 Å². The molecule has 0 aliphatic carbocycles. The van der Waals surface area contributed by atoms with E-state index < -0.39 is 15.1 Å². The molecule has 2 rings (SSSR count). The molecule has 4 nitrogen and oxygen atoms in total. The average molecular weight is 421 g/mol. The molecule has 5 heteroatoms. The van der Waals surface area contributed by atoms with E-state index in [1.54, 1.807) is 24.3 Å². The fourth-order valence-electron chi connectivity index (χ4n) is 3.63. The Morgan fingerprint density at radius 2 is 1.72 bits per heavy atom. The van der Waals surface area contributed by atoms with Crippen molar-refractivity contribution in [2.45, 2.75) is 70.3 Å². The second-order valence-electron chi connectivity index (χ2n) is 8.40. The summed E-state index contributed by atoms with van der Waals surface area (Å²) in [6.45, 7) is 11.5. The van der Waals surface area contributed by atoms with Crippen LogP contribution < -0.4 is 0 Å². The molecule has 0 spiro atoms. The fraction of sp³-hybridized carbons (Fsp3) is 0.583. The molecule has 1 aromatic rings. The van der Waals surface area contributed by atoms with Crippen LogP contribution in [0, 0.1) is 11.8 Å². The van der Waals surface area contributed by atoms with Crippen LogP contribution in [0.2, 0.25) is 0 Å². The molecule has 0 saturated carbocycles. The van der Waals surface area contributed by atoms with Gasteiger partial charge in [0.2, 0.25) is 0 Å². The molecule has 162 valence electrons. The maximum atomic E-state index is 13.5. The molecule has 3 atom stereocenters. The number of rotatable bonds is 10. The van der Waals surface area contributed by atoms with Crippen LogP contribution in [0.1, 0.15) is 53.9 Å². The Labute approximate surface area is 176 Å². The molecule has 1 saturated heterocycles. The molecule has 0 amide bonds. The first kappa shape index (κ1) is 23.8. The standard InChI is InChI=1S/C24H36O4S/c1-18(2)10-9-11-19(3)16-23(29(25,26)22-12-7-6-8-13-22)21(5)20(4)17-24-27-14-15-28-24/h6-8,10,12-13,16,20-21,23-24H,9,11,14-15,17H2,1-5H3/b19-16+/t20-,21+,23?/m0/s1. The van der Waals surface area contributed by atoms with Gasteiger partial charge >= 0.3 is 0 Å². The summed E-state index contributed by atoms with van der Waals surface area (Å²) in [5.41, 5.74) is 2.39. The first-order valence-corrected chi connectivity index (χ1v) is 12.1. The van der Waals surface area contributed by atoms with E-state index in [1.807, 2.05) is 26.0 Å². The molecule has 1 aromatic carbocycles. The number of hydrogen-bond acceptors (Lipinski definition) is 4.